The molecular formula is C15H14BrI. The van der Waals surface area contributed by atoms with E-state index in [1.807, 2.05) is 0 Å². The molecule has 1 atom stereocenters. The summed E-state index contributed by atoms with van der Waals surface area (Å²) in [6.45, 7) is 2.17. The number of rotatable bonds is 3. The van der Waals surface area contributed by atoms with Crippen LogP contribution in [0.5, 0.6) is 0 Å². The predicted octanol–water partition coefficient (Wildman–Crippen LogP) is 5.28. The van der Waals surface area contributed by atoms with Crippen LogP contribution in [0.3, 0.4) is 0 Å². The van der Waals surface area contributed by atoms with Gasteiger partial charge in [0.05, 0.1) is 0 Å². The number of benzene rings is 2. The van der Waals surface area contributed by atoms with Gasteiger partial charge in [-0.15, -0.1) is 0 Å². The molecular weight excluding hydrogens is 387 g/mol. The topological polar surface area (TPSA) is 0 Å². The minimum atomic E-state index is 0.386. The second-order valence-corrected chi connectivity index (χ2v) is 6.39. The van der Waals surface area contributed by atoms with Crippen molar-refractivity contribution in [3.05, 3.63) is 68.8 Å². The molecule has 0 saturated heterocycles. The zero-order chi connectivity index (χ0) is 12.3. The van der Waals surface area contributed by atoms with Crippen LogP contribution in [0.25, 0.3) is 0 Å². The molecule has 0 aliphatic carbocycles. The Labute approximate surface area is 125 Å². The third-order valence-electron chi connectivity index (χ3n) is 2.90. The Morgan fingerprint density at radius 1 is 1.06 bits per heavy atom. The third kappa shape index (κ3) is 3.32. The quantitative estimate of drug-likeness (QED) is 0.485. The largest absolute Gasteiger partial charge is 0.0835 e. The number of hydrogen-bond acceptors (Lipinski definition) is 0. The molecule has 0 aliphatic heterocycles. The molecule has 2 aromatic rings. The summed E-state index contributed by atoms with van der Waals surface area (Å²) < 4.78 is 1.32. The van der Waals surface area contributed by atoms with Gasteiger partial charge in [-0.05, 0) is 58.7 Å². The van der Waals surface area contributed by atoms with E-state index in [1.165, 1.54) is 20.3 Å². The first-order valence-corrected chi connectivity index (χ1v) is 7.61. The van der Waals surface area contributed by atoms with Gasteiger partial charge in [-0.2, -0.15) is 0 Å². The standard InChI is InChI=1S/C15H14BrI/c1-11-6-2-3-7-12(11)10-14(16)13-8-4-5-9-15(13)17/h2-9,14H,10H2,1H3. The fourth-order valence-electron chi connectivity index (χ4n) is 1.87. The molecule has 0 aromatic heterocycles. The molecule has 0 spiro atoms. The molecule has 88 valence electrons. The van der Waals surface area contributed by atoms with Crippen LogP contribution in [0.2, 0.25) is 0 Å². The molecule has 1 unspecified atom stereocenters. The number of alkyl halides is 1. The fraction of sp³-hybridized carbons (Fsp3) is 0.200. The number of aryl methyl sites for hydroxylation is 1. The van der Waals surface area contributed by atoms with Gasteiger partial charge in [-0.25, -0.2) is 0 Å². The van der Waals surface area contributed by atoms with Crippen molar-refractivity contribution >= 4 is 38.5 Å². The molecule has 0 aliphatic rings. The van der Waals surface area contributed by atoms with E-state index in [1.54, 1.807) is 0 Å². The lowest BCUT2D eigenvalue weighted by Crippen LogP contribution is -1.99. The highest BCUT2D eigenvalue weighted by molar-refractivity contribution is 14.1. The van der Waals surface area contributed by atoms with Crippen molar-refractivity contribution in [1.82, 2.24) is 0 Å². The first-order chi connectivity index (χ1) is 8.18. The van der Waals surface area contributed by atoms with Gasteiger partial charge in [0, 0.05) is 8.40 Å². The smallest absolute Gasteiger partial charge is 0.0446 e. The van der Waals surface area contributed by atoms with Gasteiger partial charge in [-0.3, -0.25) is 0 Å². The molecule has 0 nitrogen and oxygen atoms in total. The highest BCUT2D eigenvalue weighted by atomic mass is 127. The summed E-state index contributed by atoms with van der Waals surface area (Å²) in [5.41, 5.74) is 4.15. The number of halogens is 2. The minimum Gasteiger partial charge on any atom is -0.0835 e. The minimum absolute atomic E-state index is 0.386. The van der Waals surface area contributed by atoms with E-state index in [-0.39, 0.29) is 0 Å². The van der Waals surface area contributed by atoms with Crippen molar-refractivity contribution in [2.45, 2.75) is 18.2 Å². The van der Waals surface area contributed by atoms with E-state index < -0.39 is 0 Å². The zero-order valence-corrected chi connectivity index (χ0v) is 13.4. The van der Waals surface area contributed by atoms with E-state index >= 15 is 0 Å². The third-order valence-corrected chi connectivity index (χ3v) is 4.70. The van der Waals surface area contributed by atoms with Gasteiger partial charge >= 0.3 is 0 Å². The van der Waals surface area contributed by atoms with Crippen LogP contribution in [-0.4, -0.2) is 0 Å². The molecule has 0 heterocycles. The van der Waals surface area contributed by atoms with Gasteiger partial charge in [0.1, 0.15) is 0 Å². The van der Waals surface area contributed by atoms with E-state index in [2.05, 4.69) is 94.0 Å². The first-order valence-electron chi connectivity index (χ1n) is 5.61. The van der Waals surface area contributed by atoms with E-state index in [9.17, 15) is 0 Å². The second kappa shape index (κ2) is 6.01. The van der Waals surface area contributed by atoms with Crippen LogP contribution in [0, 0.1) is 10.5 Å². The van der Waals surface area contributed by atoms with E-state index in [0.717, 1.165) is 6.42 Å². The Morgan fingerprint density at radius 2 is 1.71 bits per heavy atom. The van der Waals surface area contributed by atoms with E-state index in [0.29, 0.717) is 4.83 Å². The van der Waals surface area contributed by atoms with Crippen LogP contribution in [0.15, 0.2) is 48.5 Å². The molecule has 0 fully saturated rings. The normalized spacial score (nSPS) is 12.4. The maximum absolute atomic E-state index is 3.80. The Bertz CT molecular complexity index is 508. The maximum atomic E-state index is 3.80. The van der Waals surface area contributed by atoms with Crippen LogP contribution in [0.1, 0.15) is 21.5 Å². The average molecular weight is 401 g/mol. The van der Waals surface area contributed by atoms with Crippen molar-refractivity contribution < 1.29 is 0 Å². The monoisotopic (exact) mass is 400 g/mol. The van der Waals surface area contributed by atoms with E-state index in [4.69, 9.17) is 0 Å². The molecule has 0 amide bonds. The molecule has 0 saturated carbocycles. The summed E-state index contributed by atoms with van der Waals surface area (Å²) in [6, 6.07) is 17.1. The second-order valence-electron chi connectivity index (χ2n) is 4.12. The first kappa shape index (κ1) is 13.1. The van der Waals surface area contributed by atoms with Crippen molar-refractivity contribution in [2.24, 2.45) is 0 Å². The van der Waals surface area contributed by atoms with Crippen LogP contribution in [-0.2, 0) is 6.42 Å². The van der Waals surface area contributed by atoms with Crippen LogP contribution in [0.4, 0.5) is 0 Å². The predicted molar refractivity (Wildman–Crippen MR) is 85.7 cm³/mol. The van der Waals surface area contributed by atoms with Crippen molar-refractivity contribution in [1.29, 1.82) is 0 Å². The molecule has 2 heteroatoms. The van der Waals surface area contributed by atoms with Crippen molar-refractivity contribution in [3.63, 3.8) is 0 Å². The Kier molecular flexibility index (Phi) is 4.62. The van der Waals surface area contributed by atoms with Crippen molar-refractivity contribution in [3.8, 4) is 0 Å². The lowest BCUT2D eigenvalue weighted by Gasteiger charge is -2.13. The molecule has 2 rings (SSSR count). The lowest BCUT2D eigenvalue weighted by atomic mass is 10.0. The van der Waals surface area contributed by atoms with Crippen LogP contribution >= 0.6 is 38.5 Å². The Balaban J connectivity index is 2.20. The summed E-state index contributed by atoms with van der Waals surface area (Å²) in [6.07, 6.45) is 1.03. The molecule has 2 aromatic carbocycles. The van der Waals surface area contributed by atoms with Gasteiger partial charge in [-0.1, -0.05) is 58.4 Å². The summed E-state index contributed by atoms with van der Waals surface area (Å²) in [5, 5.41) is 0. The summed E-state index contributed by atoms with van der Waals surface area (Å²) in [7, 11) is 0. The van der Waals surface area contributed by atoms with Crippen molar-refractivity contribution in [2.75, 3.05) is 0 Å². The summed E-state index contributed by atoms with van der Waals surface area (Å²) >= 11 is 6.20. The number of hydrogen-bond donors (Lipinski definition) is 0. The summed E-state index contributed by atoms with van der Waals surface area (Å²) in [4.78, 5) is 0.386. The van der Waals surface area contributed by atoms with Gasteiger partial charge in [0.25, 0.3) is 0 Å². The molecule has 0 bridgehead atoms. The highest BCUT2D eigenvalue weighted by Crippen LogP contribution is 2.31. The lowest BCUT2D eigenvalue weighted by molar-refractivity contribution is 0.933. The molecule has 0 N–H and O–H groups in total. The Hall–Kier alpha value is -0.350. The average Bonchev–Trinajstić information content (AvgIpc) is 2.32. The van der Waals surface area contributed by atoms with Crippen LogP contribution < -0.4 is 0 Å². The maximum Gasteiger partial charge on any atom is 0.0446 e. The Morgan fingerprint density at radius 3 is 2.41 bits per heavy atom. The molecule has 17 heavy (non-hydrogen) atoms. The molecule has 0 radical (unpaired) electrons. The van der Waals surface area contributed by atoms with Gasteiger partial charge in [0.2, 0.25) is 0 Å². The summed E-state index contributed by atoms with van der Waals surface area (Å²) in [5.74, 6) is 0. The van der Waals surface area contributed by atoms with Gasteiger partial charge in [0.15, 0.2) is 0 Å². The van der Waals surface area contributed by atoms with Gasteiger partial charge < -0.3 is 0 Å². The fourth-order valence-corrected chi connectivity index (χ4v) is 3.81. The highest BCUT2D eigenvalue weighted by Gasteiger charge is 2.12. The zero-order valence-electron chi connectivity index (χ0n) is 9.66. The SMILES string of the molecule is Cc1ccccc1CC(Br)c1ccccc1I.